The minimum Gasteiger partial charge on any atom is -0.192 e. The van der Waals surface area contributed by atoms with Crippen LogP contribution in [0.3, 0.4) is 0 Å². The molecular formula is C19H23NSi. The van der Waals surface area contributed by atoms with Gasteiger partial charge in [0.15, 0.2) is 0 Å². The third-order valence-electron chi connectivity index (χ3n) is 4.27. The largest absolute Gasteiger partial charge is 0.192 e. The first-order valence-corrected chi connectivity index (χ1v) is 10.4. The normalized spacial score (nSPS) is 21.5. The topological polar surface area (TPSA) is 23.8 Å². The van der Waals surface area contributed by atoms with Crippen molar-refractivity contribution in [1.82, 2.24) is 0 Å². The molecular weight excluding hydrogens is 270 g/mol. The first kappa shape index (κ1) is 15.6. The van der Waals surface area contributed by atoms with Crippen molar-refractivity contribution in [3.63, 3.8) is 0 Å². The van der Waals surface area contributed by atoms with Crippen LogP contribution in [0.4, 0.5) is 0 Å². The van der Waals surface area contributed by atoms with Crippen molar-refractivity contribution < 1.29 is 0 Å². The molecule has 0 aliphatic carbocycles. The van der Waals surface area contributed by atoms with Crippen molar-refractivity contribution in [3.8, 4) is 17.9 Å². The maximum Gasteiger partial charge on any atom is 0.0991 e. The summed E-state index contributed by atoms with van der Waals surface area (Å²) in [6.07, 6.45) is 8.46. The van der Waals surface area contributed by atoms with Crippen LogP contribution in [0.2, 0.25) is 18.1 Å². The lowest BCUT2D eigenvalue weighted by atomic mass is 10.0. The average molecular weight is 293 g/mol. The number of hydrogen-bond acceptors (Lipinski definition) is 1. The summed E-state index contributed by atoms with van der Waals surface area (Å²) in [5.41, 5.74) is 1.65. The van der Waals surface area contributed by atoms with Crippen molar-refractivity contribution >= 4 is 8.80 Å². The highest BCUT2D eigenvalue weighted by atomic mass is 28.3. The Morgan fingerprint density at radius 2 is 1.86 bits per heavy atom. The molecule has 1 saturated heterocycles. The molecule has 1 aromatic rings. The first-order valence-electron chi connectivity index (χ1n) is 8.00. The molecule has 108 valence electrons. The van der Waals surface area contributed by atoms with E-state index in [1.54, 1.807) is 0 Å². The fraction of sp³-hybridized carbons (Fsp3) is 0.421. The van der Waals surface area contributed by atoms with Gasteiger partial charge in [0.2, 0.25) is 0 Å². The Kier molecular flexibility index (Phi) is 6.32. The second-order valence-corrected chi connectivity index (χ2v) is 9.35. The third kappa shape index (κ3) is 5.25. The van der Waals surface area contributed by atoms with E-state index in [0.717, 1.165) is 11.5 Å². The fourth-order valence-electron chi connectivity index (χ4n) is 3.01. The zero-order valence-electron chi connectivity index (χ0n) is 12.8. The Labute approximate surface area is 130 Å². The summed E-state index contributed by atoms with van der Waals surface area (Å²) in [7, 11) is -0.359. The van der Waals surface area contributed by atoms with Crippen LogP contribution in [-0.4, -0.2) is 8.80 Å². The van der Waals surface area contributed by atoms with E-state index in [4.69, 9.17) is 5.26 Å². The van der Waals surface area contributed by atoms with Crippen LogP contribution in [-0.2, 0) is 0 Å². The number of benzene rings is 1. The standard InChI is InChI=1S/C19H23NSi/c1-2-13-21-14-11-18(12-15-21)6-4-3-5-17-7-9-19(16-20)10-8-17/h4,6-10,18,21H,2,11-15H2,1H3/b6-4+/t18-,21-. The molecule has 0 amide bonds. The SMILES string of the molecule is CCC[Si@H]1CC[C@H](/C=C/C#Cc2ccc(C#N)cc2)CC1. The number of allylic oxidation sites excluding steroid dienone is 2. The molecule has 1 fully saturated rings. The summed E-state index contributed by atoms with van der Waals surface area (Å²) in [6.45, 7) is 2.32. The number of rotatable bonds is 3. The van der Waals surface area contributed by atoms with Gasteiger partial charge >= 0.3 is 0 Å². The summed E-state index contributed by atoms with van der Waals surface area (Å²) in [5, 5.41) is 8.74. The maximum absolute atomic E-state index is 8.74. The maximum atomic E-state index is 8.74. The Morgan fingerprint density at radius 1 is 1.19 bits per heavy atom. The summed E-state index contributed by atoms with van der Waals surface area (Å²) >= 11 is 0. The van der Waals surface area contributed by atoms with Crippen molar-refractivity contribution in [1.29, 1.82) is 5.26 Å². The van der Waals surface area contributed by atoms with E-state index in [2.05, 4.69) is 30.9 Å². The van der Waals surface area contributed by atoms with Gasteiger partial charge in [-0.05, 0) is 49.1 Å². The lowest BCUT2D eigenvalue weighted by Crippen LogP contribution is -2.19. The van der Waals surface area contributed by atoms with Gasteiger partial charge in [0.05, 0.1) is 11.6 Å². The van der Waals surface area contributed by atoms with Gasteiger partial charge in [-0.1, -0.05) is 49.4 Å². The quantitative estimate of drug-likeness (QED) is 0.594. The lowest BCUT2D eigenvalue weighted by Gasteiger charge is -2.25. The van der Waals surface area contributed by atoms with Crippen LogP contribution < -0.4 is 0 Å². The van der Waals surface area contributed by atoms with E-state index >= 15 is 0 Å². The lowest BCUT2D eigenvalue weighted by molar-refractivity contribution is 0.572. The monoisotopic (exact) mass is 293 g/mol. The van der Waals surface area contributed by atoms with Crippen LogP contribution in [0.5, 0.6) is 0 Å². The minimum atomic E-state index is -0.359. The summed E-state index contributed by atoms with van der Waals surface area (Å²) < 4.78 is 0. The Morgan fingerprint density at radius 3 is 2.48 bits per heavy atom. The average Bonchev–Trinajstić information content (AvgIpc) is 2.54. The smallest absolute Gasteiger partial charge is 0.0991 e. The number of nitrogens with zero attached hydrogens (tertiary/aromatic N) is 1. The molecule has 0 N–H and O–H groups in total. The zero-order valence-corrected chi connectivity index (χ0v) is 14.0. The summed E-state index contributed by atoms with van der Waals surface area (Å²) in [4.78, 5) is 0. The summed E-state index contributed by atoms with van der Waals surface area (Å²) in [5.74, 6) is 7.00. The van der Waals surface area contributed by atoms with Gasteiger partial charge in [0.25, 0.3) is 0 Å². The van der Waals surface area contributed by atoms with Crippen molar-refractivity contribution in [2.75, 3.05) is 0 Å². The Bertz CT molecular complexity index is 560. The molecule has 0 bridgehead atoms. The predicted octanol–water partition coefficient (Wildman–Crippen LogP) is 4.51. The number of nitriles is 1. The van der Waals surface area contributed by atoms with Crippen LogP contribution in [0.15, 0.2) is 36.4 Å². The molecule has 21 heavy (non-hydrogen) atoms. The molecule has 0 unspecified atom stereocenters. The van der Waals surface area contributed by atoms with Crippen LogP contribution in [0.25, 0.3) is 0 Å². The highest BCUT2D eigenvalue weighted by Crippen LogP contribution is 2.28. The third-order valence-corrected chi connectivity index (χ3v) is 7.96. The minimum absolute atomic E-state index is 0.359. The molecule has 2 heteroatoms. The molecule has 1 aliphatic heterocycles. The molecule has 0 atom stereocenters. The first-order chi connectivity index (χ1) is 10.3. The van der Waals surface area contributed by atoms with E-state index < -0.39 is 0 Å². The molecule has 0 aromatic heterocycles. The predicted molar refractivity (Wildman–Crippen MR) is 91.8 cm³/mol. The van der Waals surface area contributed by atoms with Gasteiger partial charge in [0, 0.05) is 14.4 Å². The van der Waals surface area contributed by atoms with Crippen molar-refractivity contribution in [2.24, 2.45) is 5.92 Å². The van der Waals surface area contributed by atoms with Gasteiger partial charge < -0.3 is 0 Å². The second kappa shape index (κ2) is 8.50. The van der Waals surface area contributed by atoms with Gasteiger partial charge in [-0.3, -0.25) is 0 Å². The van der Waals surface area contributed by atoms with Gasteiger partial charge in [-0.15, -0.1) is 0 Å². The van der Waals surface area contributed by atoms with Gasteiger partial charge in [-0.2, -0.15) is 5.26 Å². The molecule has 2 rings (SSSR count). The molecule has 1 nitrogen and oxygen atoms in total. The molecule has 1 aromatic carbocycles. The van der Waals surface area contributed by atoms with Gasteiger partial charge in [-0.25, -0.2) is 0 Å². The summed E-state index contributed by atoms with van der Waals surface area (Å²) in [6, 6.07) is 14.1. The molecule has 0 spiro atoms. The van der Waals surface area contributed by atoms with Crippen LogP contribution in [0, 0.1) is 29.1 Å². The van der Waals surface area contributed by atoms with Gasteiger partial charge in [0.1, 0.15) is 0 Å². The Balaban J connectivity index is 1.81. The molecule has 1 heterocycles. The van der Waals surface area contributed by atoms with E-state index in [1.807, 2.05) is 30.3 Å². The van der Waals surface area contributed by atoms with E-state index in [1.165, 1.54) is 37.4 Å². The highest BCUT2D eigenvalue weighted by Gasteiger charge is 2.19. The van der Waals surface area contributed by atoms with Crippen molar-refractivity contribution in [3.05, 3.63) is 47.5 Å². The fourth-order valence-corrected chi connectivity index (χ4v) is 6.50. The molecule has 0 radical (unpaired) electrons. The second-order valence-electron chi connectivity index (χ2n) is 5.89. The highest BCUT2D eigenvalue weighted by molar-refractivity contribution is 6.58. The number of hydrogen-bond donors (Lipinski definition) is 0. The van der Waals surface area contributed by atoms with Crippen molar-refractivity contribution in [2.45, 2.75) is 44.3 Å². The van der Waals surface area contributed by atoms with E-state index in [-0.39, 0.29) is 8.80 Å². The van der Waals surface area contributed by atoms with E-state index in [9.17, 15) is 0 Å². The van der Waals surface area contributed by atoms with E-state index in [0.29, 0.717) is 5.56 Å². The van der Waals surface area contributed by atoms with Crippen LogP contribution >= 0.6 is 0 Å². The zero-order chi connectivity index (χ0) is 14.9. The molecule has 1 aliphatic rings. The van der Waals surface area contributed by atoms with Crippen LogP contribution in [0.1, 0.15) is 37.3 Å². The molecule has 0 saturated carbocycles. The Hall–Kier alpha value is -1.77.